The molecular formula is C14H19N3O2S. The van der Waals surface area contributed by atoms with E-state index in [1.54, 1.807) is 11.7 Å². The molecule has 20 heavy (non-hydrogen) atoms. The number of hydrogen-bond donors (Lipinski definition) is 1. The maximum absolute atomic E-state index is 12.6. The largest absolute Gasteiger partial charge is 0.349 e. The van der Waals surface area contributed by atoms with E-state index in [1.165, 1.54) is 11.3 Å². The number of piperidine rings is 1. The van der Waals surface area contributed by atoms with Crippen molar-refractivity contribution < 1.29 is 9.59 Å². The SMILES string of the molecule is C[C@]12CCCN(C(=O)c3cncs3)[C@H]1CCCC(=O)N2. The summed E-state index contributed by atoms with van der Waals surface area (Å²) in [5.41, 5.74) is 1.40. The number of likely N-dealkylation sites (tertiary alicyclic amines) is 1. The van der Waals surface area contributed by atoms with Crippen molar-refractivity contribution in [2.45, 2.75) is 50.6 Å². The molecule has 3 rings (SSSR count). The second-order valence-corrected chi connectivity index (χ2v) is 6.73. The average molecular weight is 293 g/mol. The minimum absolute atomic E-state index is 0.0552. The van der Waals surface area contributed by atoms with Crippen LogP contribution >= 0.6 is 11.3 Å². The van der Waals surface area contributed by atoms with Crippen molar-refractivity contribution in [2.24, 2.45) is 0 Å². The average Bonchev–Trinajstić information content (AvgIpc) is 2.88. The number of amides is 2. The molecule has 0 spiro atoms. The van der Waals surface area contributed by atoms with Gasteiger partial charge in [-0.2, -0.15) is 0 Å². The van der Waals surface area contributed by atoms with E-state index in [-0.39, 0.29) is 23.4 Å². The molecule has 1 N–H and O–H groups in total. The van der Waals surface area contributed by atoms with Gasteiger partial charge >= 0.3 is 0 Å². The molecular weight excluding hydrogens is 274 g/mol. The zero-order chi connectivity index (χ0) is 14.2. The lowest BCUT2D eigenvalue weighted by molar-refractivity contribution is -0.123. The van der Waals surface area contributed by atoms with Gasteiger partial charge in [0.05, 0.1) is 23.3 Å². The van der Waals surface area contributed by atoms with Gasteiger partial charge in [0.2, 0.25) is 5.91 Å². The third kappa shape index (κ3) is 2.32. The Morgan fingerprint density at radius 1 is 1.55 bits per heavy atom. The van der Waals surface area contributed by atoms with Crippen molar-refractivity contribution in [1.82, 2.24) is 15.2 Å². The summed E-state index contributed by atoms with van der Waals surface area (Å²) < 4.78 is 0. The molecule has 5 nitrogen and oxygen atoms in total. The predicted octanol–water partition coefficient (Wildman–Crippen LogP) is 1.81. The molecule has 2 aliphatic rings. The number of nitrogens with zero attached hydrogens (tertiary/aromatic N) is 2. The number of rotatable bonds is 1. The highest BCUT2D eigenvalue weighted by molar-refractivity contribution is 7.11. The van der Waals surface area contributed by atoms with Gasteiger partial charge in [0, 0.05) is 13.0 Å². The van der Waals surface area contributed by atoms with Crippen LogP contribution in [0.5, 0.6) is 0 Å². The fourth-order valence-electron chi connectivity index (χ4n) is 3.45. The van der Waals surface area contributed by atoms with Crippen molar-refractivity contribution in [3.63, 3.8) is 0 Å². The third-order valence-electron chi connectivity index (χ3n) is 4.42. The van der Waals surface area contributed by atoms with Crippen LogP contribution in [0.3, 0.4) is 0 Å². The second-order valence-electron chi connectivity index (χ2n) is 5.84. The molecule has 2 saturated heterocycles. The molecule has 0 unspecified atom stereocenters. The topological polar surface area (TPSA) is 62.3 Å². The summed E-state index contributed by atoms with van der Waals surface area (Å²) in [6.45, 7) is 2.85. The number of carbonyl (C=O) groups is 2. The first kappa shape index (κ1) is 13.5. The molecule has 1 aromatic heterocycles. The Morgan fingerprint density at radius 3 is 3.15 bits per heavy atom. The van der Waals surface area contributed by atoms with Crippen molar-refractivity contribution in [2.75, 3.05) is 6.54 Å². The van der Waals surface area contributed by atoms with Crippen LogP contribution in [0.15, 0.2) is 11.7 Å². The lowest BCUT2D eigenvalue weighted by Crippen LogP contribution is -2.63. The van der Waals surface area contributed by atoms with E-state index in [0.29, 0.717) is 11.3 Å². The number of hydrogen-bond acceptors (Lipinski definition) is 4. The molecule has 2 atom stereocenters. The standard InChI is InChI=1S/C14H19N3O2S/c1-14-6-3-7-17(13(19)10-8-15-9-20-10)11(14)4-2-5-12(18)16-14/h8-9,11H,2-7H2,1H3,(H,16,18)/t11-,14-/m0/s1. The van der Waals surface area contributed by atoms with Crippen LogP contribution in [-0.2, 0) is 4.79 Å². The number of fused-ring (bicyclic) bond motifs is 1. The van der Waals surface area contributed by atoms with Gasteiger partial charge in [0.25, 0.3) is 5.91 Å². The lowest BCUT2D eigenvalue weighted by atomic mass is 9.81. The first-order valence-corrected chi connectivity index (χ1v) is 7.98. The first-order valence-electron chi connectivity index (χ1n) is 7.11. The van der Waals surface area contributed by atoms with Crippen molar-refractivity contribution >= 4 is 23.2 Å². The Hall–Kier alpha value is -1.43. The summed E-state index contributed by atoms with van der Waals surface area (Å²) >= 11 is 1.38. The van der Waals surface area contributed by atoms with Gasteiger partial charge in [-0.25, -0.2) is 0 Å². The Morgan fingerprint density at radius 2 is 2.40 bits per heavy atom. The number of aromatic nitrogens is 1. The van der Waals surface area contributed by atoms with E-state index in [9.17, 15) is 9.59 Å². The van der Waals surface area contributed by atoms with E-state index in [2.05, 4.69) is 17.2 Å². The zero-order valence-electron chi connectivity index (χ0n) is 11.6. The highest BCUT2D eigenvalue weighted by atomic mass is 32.1. The lowest BCUT2D eigenvalue weighted by Gasteiger charge is -2.47. The summed E-state index contributed by atoms with van der Waals surface area (Å²) in [6.07, 6.45) is 5.80. The summed E-state index contributed by atoms with van der Waals surface area (Å²) in [4.78, 5) is 31.1. The normalized spacial score (nSPS) is 30.4. The summed E-state index contributed by atoms with van der Waals surface area (Å²) in [5, 5.41) is 3.14. The van der Waals surface area contributed by atoms with Crippen LogP contribution in [0.1, 0.15) is 48.7 Å². The van der Waals surface area contributed by atoms with E-state index in [1.807, 2.05) is 4.90 Å². The summed E-state index contributed by atoms with van der Waals surface area (Å²) in [5.74, 6) is 0.168. The van der Waals surface area contributed by atoms with Crippen molar-refractivity contribution in [3.8, 4) is 0 Å². The van der Waals surface area contributed by atoms with E-state index < -0.39 is 0 Å². The molecule has 2 aliphatic heterocycles. The predicted molar refractivity (Wildman–Crippen MR) is 76.6 cm³/mol. The van der Waals surface area contributed by atoms with Gasteiger partial charge in [0.15, 0.2) is 0 Å². The quantitative estimate of drug-likeness (QED) is 0.859. The third-order valence-corrected chi connectivity index (χ3v) is 5.18. The van der Waals surface area contributed by atoms with Crippen LogP contribution in [0.4, 0.5) is 0 Å². The van der Waals surface area contributed by atoms with Crippen LogP contribution in [0, 0.1) is 0 Å². The zero-order valence-corrected chi connectivity index (χ0v) is 12.4. The van der Waals surface area contributed by atoms with Gasteiger partial charge in [-0.1, -0.05) is 0 Å². The van der Waals surface area contributed by atoms with Gasteiger partial charge in [-0.15, -0.1) is 11.3 Å². The van der Waals surface area contributed by atoms with Crippen molar-refractivity contribution in [1.29, 1.82) is 0 Å². The minimum Gasteiger partial charge on any atom is -0.349 e. The van der Waals surface area contributed by atoms with Crippen LogP contribution < -0.4 is 5.32 Å². The van der Waals surface area contributed by atoms with E-state index in [0.717, 1.165) is 32.2 Å². The van der Waals surface area contributed by atoms with Gasteiger partial charge in [0.1, 0.15) is 4.88 Å². The molecule has 0 saturated carbocycles. The van der Waals surface area contributed by atoms with Gasteiger partial charge < -0.3 is 10.2 Å². The molecule has 1 aromatic rings. The number of carbonyl (C=O) groups excluding carboxylic acids is 2. The molecule has 108 valence electrons. The van der Waals surface area contributed by atoms with Crippen LogP contribution in [0.25, 0.3) is 0 Å². The fourth-order valence-corrected chi connectivity index (χ4v) is 4.02. The molecule has 6 heteroatoms. The molecule has 0 radical (unpaired) electrons. The minimum atomic E-state index is -0.286. The van der Waals surface area contributed by atoms with E-state index >= 15 is 0 Å². The Bertz CT molecular complexity index is 516. The summed E-state index contributed by atoms with van der Waals surface area (Å²) in [6, 6.07) is 0.0947. The van der Waals surface area contributed by atoms with E-state index in [4.69, 9.17) is 0 Å². The molecule has 0 aliphatic carbocycles. The molecule has 0 aromatic carbocycles. The number of thiazole rings is 1. The van der Waals surface area contributed by atoms with Crippen LogP contribution in [-0.4, -0.2) is 39.8 Å². The van der Waals surface area contributed by atoms with Crippen molar-refractivity contribution in [3.05, 3.63) is 16.6 Å². The van der Waals surface area contributed by atoms with Crippen LogP contribution in [0.2, 0.25) is 0 Å². The molecule has 2 fully saturated rings. The maximum atomic E-state index is 12.6. The Balaban J connectivity index is 1.88. The second kappa shape index (κ2) is 5.16. The molecule has 3 heterocycles. The highest BCUT2D eigenvalue weighted by Crippen LogP contribution is 2.34. The fraction of sp³-hybridized carbons (Fsp3) is 0.643. The van der Waals surface area contributed by atoms with Gasteiger partial charge in [-0.3, -0.25) is 14.6 Å². The smallest absolute Gasteiger partial charge is 0.265 e. The Labute approximate surface area is 122 Å². The monoisotopic (exact) mass is 293 g/mol. The Kier molecular flexibility index (Phi) is 3.50. The number of nitrogens with one attached hydrogen (secondary N) is 1. The maximum Gasteiger partial charge on any atom is 0.265 e. The summed E-state index contributed by atoms with van der Waals surface area (Å²) in [7, 11) is 0. The van der Waals surface area contributed by atoms with Gasteiger partial charge in [-0.05, 0) is 32.6 Å². The molecule has 2 amide bonds. The molecule has 0 bridgehead atoms. The first-order chi connectivity index (χ1) is 9.60. The highest BCUT2D eigenvalue weighted by Gasteiger charge is 2.45.